The lowest BCUT2D eigenvalue weighted by Crippen LogP contribution is -2.53. The summed E-state index contributed by atoms with van der Waals surface area (Å²) in [5, 5.41) is 2.96. The first kappa shape index (κ1) is 37.6. The van der Waals surface area contributed by atoms with Gasteiger partial charge in [-0.05, 0) is 48.7 Å². The molecular weight excluding hydrogens is 658 g/mol. The number of hydrogen-bond acceptors (Lipinski definition) is 8. The topological polar surface area (TPSA) is 124 Å². The number of amides is 2. The van der Waals surface area contributed by atoms with Gasteiger partial charge in [-0.2, -0.15) is 0 Å². The molecule has 4 aromatic rings. The van der Waals surface area contributed by atoms with Crippen LogP contribution in [-0.2, 0) is 32.6 Å². The monoisotopic (exact) mass is 703 g/mol. The molecule has 12 heteroatoms. The molecule has 0 bridgehead atoms. The van der Waals surface area contributed by atoms with Crippen LogP contribution in [0.2, 0.25) is 0 Å². The Labute approximate surface area is 294 Å². The lowest BCUT2D eigenvalue weighted by Gasteiger charge is -2.34. The molecule has 1 N–H and O–H groups in total. The Hall–Kier alpha value is -5.23. The van der Waals surface area contributed by atoms with Gasteiger partial charge in [0.2, 0.25) is 11.8 Å². The van der Waals surface area contributed by atoms with Gasteiger partial charge < -0.3 is 29.2 Å². The second kappa shape index (κ2) is 17.4. The smallest absolute Gasteiger partial charge is 0.265 e. The van der Waals surface area contributed by atoms with E-state index in [4.69, 9.17) is 18.9 Å². The minimum absolute atomic E-state index is 0.0526. The molecule has 4 rings (SSSR count). The third-order valence-corrected chi connectivity index (χ3v) is 9.89. The molecule has 266 valence electrons. The molecule has 11 nitrogen and oxygen atoms in total. The molecule has 4 aromatic carbocycles. The number of aryl methyl sites for hydroxylation is 1. The SMILES string of the molecule is CCCNC(=O)C(Cc1ccccc1)N(Cc1cccc(C)c1)C(=O)CN(c1cc(OC)ccc1OC)S(=O)(=O)c1ccc(OC)c(OC)c1. The standard InChI is InChI=1S/C38H45N3O8S/c1-7-20-39-38(43)33(22-28-13-9-8-10-14-28)40(25-29-15-11-12-27(2)21-29)37(42)26-41(32-23-30(46-3)16-18-34(32)47-4)50(44,45)31-17-19-35(48-5)36(24-31)49-6/h8-19,21,23-24,33H,7,20,22,25-26H2,1-6H3,(H,39,43). The Morgan fingerprint density at radius 1 is 0.760 bits per heavy atom. The number of benzene rings is 4. The number of nitrogens with zero attached hydrogens (tertiary/aromatic N) is 2. The molecule has 0 radical (unpaired) electrons. The van der Waals surface area contributed by atoms with Crippen molar-refractivity contribution in [2.75, 3.05) is 45.8 Å². The first-order valence-electron chi connectivity index (χ1n) is 16.2. The molecule has 0 aliphatic rings. The summed E-state index contributed by atoms with van der Waals surface area (Å²) >= 11 is 0. The Morgan fingerprint density at radius 2 is 1.44 bits per heavy atom. The number of rotatable bonds is 17. The number of sulfonamides is 1. The van der Waals surface area contributed by atoms with Crippen molar-refractivity contribution in [2.45, 2.75) is 44.2 Å². The Bertz CT molecular complexity index is 1870. The first-order valence-corrected chi connectivity index (χ1v) is 17.6. The highest BCUT2D eigenvalue weighted by Crippen LogP contribution is 2.38. The van der Waals surface area contributed by atoms with Gasteiger partial charge in [-0.25, -0.2) is 8.42 Å². The highest BCUT2D eigenvalue weighted by molar-refractivity contribution is 7.92. The molecule has 0 aliphatic carbocycles. The second-order valence-corrected chi connectivity index (χ2v) is 13.4. The molecule has 0 saturated carbocycles. The number of ether oxygens (including phenoxy) is 4. The van der Waals surface area contributed by atoms with Gasteiger partial charge in [-0.15, -0.1) is 0 Å². The summed E-state index contributed by atoms with van der Waals surface area (Å²) in [7, 11) is 1.23. The fraction of sp³-hybridized carbons (Fsp3) is 0.316. The van der Waals surface area contributed by atoms with Crippen molar-refractivity contribution in [3.8, 4) is 23.0 Å². The fourth-order valence-electron chi connectivity index (χ4n) is 5.54. The minimum Gasteiger partial charge on any atom is -0.497 e. The summed E-state index contributed by atoms with van der Waals surface area (Å²) in [6.07, 6.45) is 0.904. The van der Waals surface area contributed by atoms with Crippen molar-refractivity contribution >= 4 is 27.5 Å². The number of carbonyl (C=O) groups is 2. The zero-order valence-electron chi connectivity index (χ0n) is 29.3. The molecule has 0 heterocycles. The van der Waals surface area contributed by atoms with E-state index in [0.717, 1.165) is 21.0 Å². The molecule has 1 unspecified atom stereocenters. The molecule has 0 spiro atoms. The van der Waals surface area contributed by atoms with E-state index in [0.29, 0.717) is 24.5 Å². The third-order valence-electron chi connectivity index (χ3n) is 8.13. The summed E-state index contributed by atoms with van der Waals surface area (Å²) in [6, 6.07) is 25.0. The maximum atomic E-state index is 14.8. The van der Waals surface area contributed by atoms with E-state index >= 15 is 0 Å². The molecule has 0 aromatic heterocycles. The van der Waals surface area contributed by atoms with Crippen molar-refractivity contribution in [3.05, 3.63) is 108 Å². The van der Waals surface area contributed by atoms with E-state index in [1.165, 1.54) is 57.6 Å². The fourth-order valence-corrected chi connectivity index (χ4v) is 6.97. The molecule has 50 heavy (non-hydrogen) atoms. The van der Waals surface area contributed by atoms with E-state index in [1.807, 2.05) is 68.4 Å². The van der Waals surface area contributed by atoms with Crippen LogP contribution in [0.25, 0.3) is 0 Å². The summed E-state index contributed by atoms with van der Waals surface area (Å²) in [5.74, 6) is 0.110. The van der Waals surface area contributed by atoms with Crippen molar-refractivity contribution in [3.63, 3.8) is 0 Å². The predicted molar refractivity (Wildman–Crippen MR) is 193 cm³/mol. The van der Waals surface area contributed by atoms with Gasteiger partial charge >= 0.3 is 0 Å². The number of carbonyl (C=O) groups excluding carboxylic acids is 2. The Kier molecular flexibility index (Phi) is 13.1. The van der Waals surface area contributed by atoms with Crippen LogP contribution in [0.3, 0.4) is 0 Å². The van der Waals surface area contributed by atoms with Crippen LogP contribution in [0.5, 0.6) is 23.0 Å². The highest BCUT2D eigenvalue weighted by atomic mass is 32.2. The van der Waals surface area contributed by atoms with Crippen LogP contribution >= 0.6 is 0 Å². The van der Waals surface area contributed by atoms with E-state index in [2.05, 4.69) is 5.32 Å². The van der Waals surface area contributed by atoms with Gasteiger partial charge in [0.05, 0.1) is 39.0 Å². The number of anilines is 1. The zero-order valence-corrected chi connectivity index (χ0v) is 30.2. The Balaban J connectivity index is 1.89. The van der Waals surface area contributed by atoms with Gasteiger partial charge in [0.15, 0.2) is 11.5 Å². The first-order chi connectivity index (χ1) is 24.1. The number of methoxy groups -OCH3 is 4. The molecule has 1 atom stereocenters. The molecule has 0 fully saturated rings. The maximum absolute atomic E-state index is 14.8. The lowest BCUT2D eigenvalue weighted by molar-refractivity contribution is -0.140. The highest BCUT2D eigenvalue weighted by Gasteiger charge is 2.36. The Morgan fingerprint density at radius 3 is 2.08 bits per heavy atom. The molecular formula is C38H45N3O8S. The van der Waals surface area contributed by atoms with E-state index < -0.39 is 28.5 Å². The maximum Gasteiger partial charge on any atom is 0.265 e. The molecule has 0 saturated heterocycles. The van der Waals surface area contributed by atoms with Gasteiger partial charge in [0.25, 0.3) is 10.0 Å². The summed E-state index contributed by atoms with van der Waals surface area (Å²) in [5.41, 5.74) is 2.67. The van der Waals surface area contributed by atoms with Crippen LogP contribution < -0.4 is 28.6 Å². The van der Waals surface area contributed by atoms with Crippen LogP contribution in [0.4, 0.5) is 5.69 Å². The van der Waals surface area contributed by atoms with Crippen LogP contribution in [-0.4, -0.2) is 72.7 Å². The number of nitrogens with one attached hydrogen (secondary N) is 1. The predicted octanol–water partition coefficient (Wildman–Crippen LogP) is 5.39. The zero-order chi connectivity index (χ0) is 36.3. The summed E-state index contributed by atoms with van der Waals surface area (Å²) < 4.78 is 52.1. The molecule has 0 aliphatic heterocycles. The van der Waals surface area contributed by atoms with E-state index in [1.54, 1.807) is 12.1 Å². The van der Waals surface area contributed by atoms with Crippen molar-refractivity contribution in [2.24, 2.45) is 0 Å². The average molecular weight is 704 g/mol. The second-order valence-electron chi connectivity index (χ2n) is 11.6. The van der Waals surface area contributed by atoms with Crippen LogP contribution in [0, 0.1) is 6.92 Å². The van der Waals surface area contributed by atoms with Gasteiger partial charge in [0, 0.05) is 31.6 Å². The third kappa shape index (κ3) is 9.06. The largest absolute Gasteiger partial charge is 0.497 e. The number of hydrogen-bond donors (Lipinski definition) is 1. The van der Waals surface area contributed by atoms with Gasteiger partial charge in [-0.3, -0.25) is 13.9 Å². The van der Waals surface area contributed by atoms with Crippen LogP contribution in [0.1, 0.15) is 30.0 Å². The summed E-state index contributed by atoms with van der Waals surface area (Å²) in [4.78, 5) is 30.0. The van der Waals surface area contributed by atoms with E-state index in [9.17, 15) is 18.0 Å². The van der Waals surface area contributed by atoms with E-state index in [-0.39, 0.29) is 41.0 Å². The quantitative estimate of drug-likeness (QED) is 0.155. The van der Waals surface area contributed by atoms with Crippen molar-refractivity contribution in [1.29, 1.82) is 0 Å². The van der Waals surface area contributed by atoms with Gasteiger partial charge in [0.1, 0.15) is 24.1 Å². The van der Waals surface area contributed by atoms with Crippen molar-refractivity contribution in [1.82, 2.24) is 10.2 Å². The van der Waals surface area contributed by atoms with Gasteiger partial charge in [-0.1, -0.05) is 67.1 Å². The average Bonchev–Trinajstić information content (AvgIpc) is 3.13. The van der Waals surface area contributed by atoms with Crippen molar-refractivity contribution < 1.29 is 37.0 Å². The van der Waals surface area contributed by atoms with Crippen LogP contribution in [0.15, 0.2) is 95.9 Å². The lowest BCUT2D eigenvalue weighted by atomic mass is 10.0. The summed E-state index contributed by atoms with van der Waals surface area (Å²) in [6.45, 7) is 3.69. The minimum atomic E-state index is -4.48. The normalized spacial score (nSPS) is 11.6. The molecule has 2 amide bonds.